The fourth-order valence-electron chi connectivity index (χ4n) is 3.33. The Morgan fingerprint density at radius 2 is 1.90 bits per heavy atom. The second-order valence-electron chi connectivity index (χ2n) is 7.11. The monoisotopic (exact) mass is 416 g/mol. The van der Waals surface area contributed by atoms with E-state index in [0.29, 0.717) is 28.0 Å². The van der Waals surface area contributed by atoms with Gasteiger partial charge in [-0.1, -0.05) is 30.3 Å². The number of phenols is 1. The quantitative estimate of drug-likeness (QED) is 0.292. The van der Waals surface area contributed by atoms with E-state index in [-0.39, 0.29) is 12.4 Å². The Labute approximate surface area is 177 Å². The number of hydrazone groups is 1. The highest BCUT2D eigenvalue weighted by Crippen LogP contribution is 2.29. The molecule has 2 N–H and O–H groups in total. The van der Waals surface area contributed by atoms with E-state index in [0.717, 1.165) is 16.3 Å². The van der Waals surface area contributed by atoms with Gasteiger partial charge in [0, 0.05) is 28.5 Å². The lowest BCUT2D eigenvalue weighted by Crippen LogP contribution is -2.25. The van der Waals surface area contributed by atoms with Crippen LogP contribution in [0.2, 0.25) is 0 Å². The lowest BCUT2D eigenvalue weighted by atomic mass is 10.0. The summed E-state index contributed by atoms with van der Waals surface area (Å²) in [5, 5.41) is 17.0. The van der Waals surface area contributed by atoms with Crippen LogP contribution in [0.1, 0.15) is 18.1 Å². The minimum Gasteiger partial charge on any atom is -0.507 e. The Hall–Kier alpha value is -4.13. The SMILES string of the molecule is C/C(=N\NC(=O)COc1ccc2c(C)cc(=O)oc2c1)c1ccc2ccccc2c1O. The van der Waals surface area contributed by atoms with E-state index < -0.39 is 11.5 Å². The first kappa shape index (κ1) is 20.2. The van der Waals surface area contributed by atoms with Crippen molar-refractivity contribution in [1.82, 2.24) is 5.43 Å². The van der Waals surface area contributed by atoms with Gasteiger partial charge in [0.1, 0.15) is 17.1 Å². The molecule has 1 aromatic heterocycles. The summed E-state index contributed by atoms with van der Waals surface area (Å²) in [7, 11) is 0. The number of rotatable bonds is 5. The van der Waals surface area contributed by atoms with Gasteiger partial charge in [-0.25, -0.2) is 10.2 Å². The van der Waals surface area contributed by atoms with Crippen molar-refractivity contribution >= 4 is 33.4 Å². The lowest BCUT2D eigenvalue weighted by Gasteiger charge is -2.09. The molecule has 3 aromatic carbocycles. The van der Waals surface area contributed by atoms with Gasteiger partial charge in [0.05, 0.1) is 5.71 Å². The molecule has 1 amide bonds. The highest BCUT2D eigenvalue weighted by atomic mass is 16.5. The first-order chi connectivity index (χ1) is 14.9. The van der Waals surface area contributed by atoms with Crippen molar-refractivity contribution in [2.45, 2.75) is 13.8 Å². The summed E-state index contributed by atoms with van der Waals surface area (Å²) in [4.78, 5) is 23.7. The van der Waals surface area contributed by atoms with Gasteiger partial charge < -0.3 is 14.3 Å². The molecule has 7 nitrogen and oxygen atoms in total. The van der Waals surface area contributed by atoms with Crippen LogP contribution in [0.4, 0.5) is 0 Å². The largest absolute Gasteiger partial charge is 0.507 e. The molecule has 0 aliphatic carbocycles. The van der Waals surface area contributed by atoms with E-state index in [1.807, 2.05) is 37.3 Å². The molecule has 0 saturated heterocycles. The van der Waals surface area contributed by atoms with E-state index in [9.17, 15) is 14.7 Å². The number of carbonyl (C=O) groups excluding carboxylic acids is 1. The fraction of sp³-hybridized carbons (Fsp3) is 0.125. The molecule has 0 bridgehead atoms. The van der Waals surface area contributed by atoms with Crippen LogP contribution >= 0.6 is 0 Å². The number of ether oxygens (including phenoxy) is 1. The molecule has 0 fully saturated rings. The van der Waals surface area contributed by atoms with Crippen LogP contribution in [0.3, 0.4) is 0 Å². The van der Waals surface area contributed by atoms with Gasteiger partial charge >= 0.3 is 5.63 Å². The summed E-state index contributed by atoms with van der Waals surface area (Å²) in [6, 6.07) is 17.6. The molecule has 0 aliphatic heterocycles. The van der Waals surface area contributed by atoms with Crippen molar-refractivity contribution < 1.29 is 19.1 Å². The summed E-state index contributed by atoms with van der Waals surface area (Å²) >= 11 is 0. The van der Waals surface area contributed by atoms with Crippen molar-refractivity contribution in [3.05, 3.63) is 82.2 Å². The smallest absolute Gasteiger partial charge is 0.336 e. The predicted molar refractivity (Wildman–Crippen MR) is 119 cm³/mol. The number of phenolic OH excluding ortho intramolecular Hbond substituents is 1. The molecule has 1 heterocycles. The van der Waals surface area contributed by atoms with Crippen LogP contribution in [0.15, 0.2) is 75.0 Å². The first-order valence-electron chi connectivity index (χ1n) is 9.64. The third-order valence-corrected chi connectivity index (χ3v) is 4.93. The predicted octanol–water partition coefficient (Wildman–Crippen LogP) is 3.88. The van der Waals surface area contributed by atoms with Crippen LogP contribution in [0, 0.1) is 6.92 Å². The second kappa shape index (κ2) is 8.31. The molecule has 0 spiro atoms. The summed E-state index contributed by atoms with van der Waals surface area (Å²) in [6.07, 6.45) is 0. The third kappa shape index (κ3) is 4.25. The zero-order chi connectivity index (χ0) is 22.0. The van der Waals surface area contributed by atoms with Crippen LogP contribution in [0.5, 0.6) is 11.5 Å². The number of hydrogen-bond acceptors (Lipinski definition) is 6. The molecule has 4 rings (SSSR count). The molecular weight excluding hydrogens is 396 g/mol. The van der Waals surface area contributed by atoms with E-state index >= 15 is 0 Å². The number of carbonyl (C=O) groups is 1. The second-order valence-corrected chi connectivity index (χ2v) is 7.11. The van der Waals surface area contributed by atoms with E-state index in [2.05, 4.69) is 10.5 Å². The highest BCUT2D eigenvalue weighted by Gasteiger charge is 2.10. The van der Waals surface area contributed by atoms with Crippen molar-refractivity contribution in [3.8, 4) is 11.5 Å². The van der Waals surface area contributed by atoms with Gasteiger partial charge in [-0.3, -0.25) is 4.79 Å². The van der Waals surface area contributed by atoms with Crippen molar-refractivity contribution in [3.63, 3.8) is 0 Å². The average molecular weight is 416 g/mol. The molecule has 0 aliphatic rings. The van der Waals surface area contributed by atoms with Crippen LogP contribution in [-0.2, 0) is 4.79 Å². The Balaban J connectivity index is 1.43. The normalized spacial score (nSPS) is 11.6. The number of aromatic hydroxyl groups is 1. The Kier molecular flexibility index (Phi) is 5.41. The molecule has 0 unspecified atom stereocenters. The average Bonchev–Trinajstić information content (AvgIpc) is 2.76. The molecular formula is C24H20N2O5. The minimum atomic E-state index is -0.467. The Morgan fingerprint density at radius 1 is 1.10 bits per heavy atom. The van der Waals surface area contributed by atoms with E-state index in [4.69, 9.17) is 9.15 Å². The van der Waals surface area contributed by atoms with E-state index in [1.54, 1.807) is 31.2 Å². The van der Waals surface area contributed by atoms with Gasteiger partial charge in [0.15, 0.2) is 6.61 Å². The summed E-state index contributed by atoms with van der Waals surface area (Å²) in [5.74, 6) is 0.0347. The van der Waals surface area contributed by atoms with Gasteiger partial charge in [-0.05, 0) is 43.0 Å². The maximum atomic E-state index is 12.1. The van der Waals surface area contributed by atoms with Crippen molar-refractivity contribution in [2.75, 3.05) is 6.61 Å². The molecule has 31 heavy (non-hydrogen) atoms. The fourth-order valence-corrected chi connectivity index (χ4v) is 3.33. The maximum Gasteiger partial charge on any atom is 0.336 e. The lowest BCUT2D eigenvalue weighted by molar-refractivity contribution is -0.123. The Bertz CT molecular complexity index is 1390. The summed E-state index contributed by atoms with van der Waals surface area (Å²) < 4.78 is 10.7. The molecule has 0 atom stereocenters. The maximum absolute atomic E-state index is 12.1. The van der Waals surface area contributed by atoms with Gasteiger partial charge in [-0.15, -0.1) is 0 Å². The number of nitrogens with zero attached hydrogens (tertiary/aromatic N) is 1. The molecule has 0 radical (unpaired) electrons. The van der Waals surface area contributed by atoms with Gasteiger partial charge in [0.25, 0.3) is 5.91 Å². The number of hydrogen-bond donors (Lipinski definition) is 2. The Morgan fingerprint density at radius 3 is 2.74 bits per heavy atom. The summed E-state index contributed by atoms with van der Waals surface area (Å²) in [6.45, 7) is 3.24. The number of amides is 1. The van der Waals surface area contributed by atoms with Gasteiger partial charge in [0.2, 0.25) is 0 Å². The zero-order valence-electron chi connectivity index (χ0n) is 17.0. The number of aryl methyl sites for hydroxylation is 1. The third-order valence-electron chi connectivity index (χ3n) is 4.93. The summed E-state index contributed by atoms with van der Waals surface area (Å²) in [5.41, 5.74) is 4.16. The van der Waals surface area contributed by atoms with Crippen LogP contribution < -0.4 is 15.8 Å². The number of fused-ring (bicyclic) bond motifs is 2. The van der Waals surface area contributed by atoms with Crippen LogP contribution in [-0.4, -0.2) is 23.3 Å². The molecule has 0 saturated carbocycles. The molecule has 7 heteroatoms. The highest BCUT2D eigenvalue weighted by molar-refractivity contribution is 6.06. The standard InChI is InChI=1S/C24H20N2O5/c1-14-11-23(28)31-21-12-17(8-10-18(14)21)30-13-22(27)26-25-15(2)19-9-7-16-5-3-4-6-20(16)24(19)29/h3-12,29H,13H2,1-2H3,(H,26,27)/b25-15+. The van der Waals surface area contributed by atoms with Crippen molar-refractivity contribution in [2.24, 2.45) is 5.10 Å². The topological polar surface area (TPSA) is 101 Å². The molecule has 156 valence electrons. The number of nitrogens with one attached hydrogen (secondary N) is 1. The van der Waals surface area contributed by atoms with E-state index in [1.165, 1.54) is 6.07 Å². The number of benzene rings is 3. The molecule has 4 aromatic rings. The van der Waals surface area contributed by atoms with Crippen molar-refractivity contribution in [1.29, 1.82) is 0 Å². The first-order valence-corrected chi connectivity index (χ1v) is 9.64. The zero-order valence-corrected chi connectivity index (χ0v) is 17.0. The van der Waals surface area contributed by atoms with Gasteiger partial charge in [-0.2, -0.15) is 5.10 Å². The minimum absolute atomic E-state index is 0.109. The van der Waals surface area contributed by atoms with Crippen LogP contribution in [0.25, 0.3) is 21.7 Å².